The Bertz CT molecular complexity index is 904. The molecule has 2 heterocycles. The van der Waals surface area contributed by atoms with Crippen LogP contribution in [-0.2, 0) is 11.3 Å². The third-order valence-corrected chi connectivity index (χ3v) is 4.29. The molecule has 2 aromatic rings. The van der Waals surface area contributed by atoms with Gasteiger partial charge in [0.25, 0.3) is 11.5 Å². The molecule has 6 nitrogen and oxygen atoms in total. The number of ketones is 1. The predicted octanol–water partition coefficient (Wildman–Crippen LogP) is 2.52. The van der Waals surface area contributed by atoms with E-state index >= 15 is 0 Å². The number of benzene rings is 1. The molecule has 0 aliphatic carbocycles. The van der Waals surface area contributed by atoms with Crippen LogP contribution in [0, 0.1) is 6.92 Å². The molecule has 1 amide bonds. The monoisotopic (exact) mass is 390 g/mol. The highest BCUT2D eigenvalue weighted by Gasteiger charge is 2.24. The minimum Gasteiger partial charge on any atom is -0.479 e. The number of halogens is 1. The summed E-state index contributed by atoms with van der Waals surface area (Å²) in [6.07, 6.45) is 1.07. The van der Waals surface area contributed by atoms with Crippen LogP contribution in [0.3, 0.4) is 0 Å². The number of anilines is 1. The average molecular weight is 391 g/mol. The van der Waals surface area contributed by atoms with Gasteiger partial charge < -0.3 is 14.6 Å². The van der Waals surface area contributed by atoms with E-state index in [0.29, 0.717) is 21.5 Å². The molecule has 0 fully saturated rings. The lowest BCUT2D eigenvalue weighted by Crippen LogP contribution is -2.34. The van der Waals surface area contributed by atoms with E-state index in [9.17, 15) is 14.4 Å². The van der Waals surface area contributed by atoms with Gasteiger partial charge in [0.2, 0.25) is 0 Å². The standard InChI is InChI=1S/C17H15BrN2O4/c1-9-5-12(18)17(23)20(7-9)8-14(21)11-3-4-15-13(6-11)19-16(22)10(2)24-15/h3-7,10H,8H2,1-2H3,(H,19,22). The predicted molar refractivity (Wildman–Crippen MR) is 92.6 cm³/mol. The zero-order chi connectivity index (χ0) is 17.4. The molecule has 1 aromatic carbocycles. The summed E-state index contributed by atoms with van der Waals surface area (Å²) in [5.74, 6) is 0.0327. The minimum atomic E-state index is -0.567. The van der Waals surface area contributed by atoms with E-state index in [0.717, 1.165) is 5.56 Å². The highest BCUT2D eigenvalue weighted by molar-refractivity contribution is 9.10. The number of pyridine rings is 1. The second-order valence-electron chi connectivity index (χ2n) is 5.68. The number of ether oxygens (including phenoxy) is 1. The number of hydrogen-bond donors (Lipinski definition) is 1. The number of hydrogen-bond acceptors (Lipinski definition) is 4. The smallest absolute Gasteiger partial charge is 0.265 e. The molecule has 0 radical (unpaired) electrons. The largest absolute Gasteiger partial charge is 0.479 e. The number of aromatic nitrogens is 1. The van der Waals surface area contributed by atoms with E-state index in [2.05, 4.69) is 21.2 Å². The molecule has 7 heteroatoms. The Morgan fingerprint density at radius 1 is 1.33 bits per heavy atom. The summed E-state index contributed by atoms with van der Waals surface area (Å²) in [4.78, 5) is 36.3. The zero-order valence-electron chi connectivity index (χ0n) is 13.1. The van der Waals surface area contributed by atoms with Crippen molar-refractivity contribution in [3.63, 3.8) is 0 Å². The van der Waals surface area contributed by atoms with Crippen LogP contribution in [0.2, 0.25) is 0 Å². The second kappa shape index (κ2) is 6.24. The van der Waals surface area contributed by atoms with Crippen LogP contribution in [0.4, 0.5) is 5.69 Å². The average Bonchev–Trinajstić information content (AvgIpc) is 2.52. The van der Waals surface area contributed by atoms with Crippen LogP contribution in [0.5, 0.6) is 5.75 Å². The van der Waals surface area contributed by atoms with Gasteiger partial charge in [0.05, 0.1) is 16.7 Å². The van der Waals surface area contributed by atoms with Crippen molar-refractivity contribution < 1.29 is 14.3 Å². The molecule has 24 heavy (non-hydrogen) atoms. The normalized spacial score (nSPS) is 16.1. The summed E-state index contributed by atoms with van der Waals surface area (Å²) < 4.78 is 7.23. The van der Waals surface area contributed by atoms with Crippen LogP contribution in [0.1, 0.15) is 22.8 Å². The van der Waals surface area contributed by atoms with E-state index in [-0.39, 0.29) is 23.8 Å². The van der Waals surface area contributed by atoms with Crippen molar-refractivity contribution in [1.82, 2.24) is 4.57 Å². The summed E-state index contributed by atoms with van der Waals surface area (Å²) >= 11 is 3.20. The number of fused-ring (bicyclic) bond motifs is 1. The molecule has 0 saturated heterocycles. The van der Waals surface area contributed by atoms with Gasteiger partial charge in [0.15, 0.2) is 11.9 Å². The van der Waals surface area contributed by atoms with Crippen molar-refractivity contribution in [2.45, 2.75) is 26.5 Å². The van der Waals surface area contributed by atoms with E-state index in [4.69, 9.17) is 4.74 Å². The second-order valence-corrected chi connectivity index (χ2v) is 6.54. The number of nitrogens with one attached hydrogen (secondary N) is 1. The highest BCUT2D eigenvalue weighted by Crippen LogP contribution is 2.30. The van der Waals surface area contributed by atoms with Crippen LogP contribution < -0.4 is 15.6 Å². The fourth-order valence-electron chi connectivity index (χ4n) is 2.49. The van der Waals surface area contributed by atoms with Gasteiger partial charge in [-0.15, -0.1) is 0 Å². The van der Waals surface area contributed by atoms with Gasteiger partial charge in [-0.3, -0.25) is 14.4 Å². The molecule has 1 aliphatic rings. The maximum Gasteiger partial charge on any atom is 0.265 e. The first-order valence-electron chi connectivity index (χ1n) is 7.36. The molecule has 0 spiro atoms. The number of carbonyl (C=O) groups excluding carboxylic acids is 2. The molecular formula is C17H15BrN2O4. The molecule has 1 aromatic heterocycles. The summed E-state index contributed by atoms with van der Waals surface area (Å²) in [7, 11) is 0. The Morgan fingerprint density at radius 2 is 2.08 bits per heavy atom. The van der Waals surface area contributed by atoms with E-state index in [1.807, 2.05) is 6.92 Å². The first-order valence-corrected chi connectivity index (χ1v) is 8.16. The summed E-state index contributed by atoms with van der Waals surface area (Å²) in [6, 6.07) is 6.54. The lowest BCUT2D eigenvalue weighted by atomic mass is 10.1. The Labute approximate surface area is 146 Å². The van der Waals surface area contributed by atoms with E-state index in [1.165, 1.54) is 4.57 Å². The number of nitrogens with zero attached hydrogens (tertiary/aromatic N) is 1. The quantitative estimate of drug-likeness (QED) is 0.816. The van der Waals surface area contributed by atoms with Gasteiger partial charge in [-0.2, -0.15) is 0 Å². The van der Waals surface area contributed by atoms with Crippen molar-refractivity contribution in [1.29, 1.82) is 0 Å². The maximum atomic E-state index is 12.5. The van der Waals surface area contributed by atoms with Crippen molar-refractivity contribution in [3.05, 3.63) is 56.4 Å². The third-order valence-electron chi connectivity index (χ3n) is 3.73. The third kappa shape index (κ3) is 3.12. The van der Waals surface area contributed by atoms with Crippen molar-refractivity contribution in [3.8, 4) is 5.75 Å². The van der Waals surface area contributed by atoms with Crippen LogP contribution in [0.25, 0.3) is 0 Å². The Kier molecular flexibility index (Phi) is 4.28. The summed E-state index contributed by atoms with van der Waals surface area (Å²) in [5, 5.41) is 2.71. The van der Waals surface area contributed by atoms with Crippen LogP contribution in [-0.4, -0.2) is 22.4 Å². The van der Waals surface area contributed by atoms with Crippen molar-refractivity contribution in [2.24, 2.45) is 0 Å². The van der Waals surface area contributed by atoms with Gasteiger partial charge in [-0.05, 0) is 59.6 Å². The lowest BCUT2D eigenvalue weighted by molar-refractivity contribution is -0.122. The first-order chi connectivity index (χ1) is 11.3. The molecule has 124 valence electrons. The first kappa shape index (κ1) is 16.4. The molecule has 0 saturated carbocycles. The molecular weight excluding hydrogens is 376 g/mol. The van der Waals surface area contributed by atoms with E-state index in [1.54, 1.807) is 37.4 Å². The van der Waals surface area contributed by atoms with Gasteiger partial charge in [0, 0.05) is 11.8 Å². The Morgan fingerprint density at radius 3 is 2.83 bits per heavy atom. The molecule has 1 atom stereocenters. The Balaban J connectivity index is 1.88. The topological polar surface area (TPSA) is 77.4 Å². The zero-order valence-corrected chi connectivity index (χ0v) is 14.7. The van der Waals surface area contributed by atoms with Crippen molar-refractivity contribution in [2.75, 3.05) is 5.32 Å². The molecule has 1 aliphatic heterocycles. The number of aryl methyl sites for hydroxylation is 1. The number of amides is 1. The SMILES string of the molecule is Cc1cc(Br)c(=O)n(CC(=O)c2ccc3c(c2)NC(=O)C(C)O3)c1. The van der Waals surface area contributed by atoms with Crippen LogP contribution >= 0.6 is 15.9 Å². The molecule has 0 bridgehead atoms. The van der Waals surface area contributed by atoms with E-state index < -0.39 is 6.10 Å². The molecule has 3 rings (SSSR count). The number of carbonyl (C=O) groups is 2. The fourth-order valence-corrected chi connectivity index (χ4v) is 3.08. The maximum absolute atomic E-state index is 12.5. The summed E-state index contributed by atoms with van der Waals surface area (Å²) in [5.41, 5.74) is 1.46. The van der Waals surface area contributed by atoms with Gasteiger partial charge in [0.1, 0.15) is 5.75 Å². The van der Waals surface area contributed by atoms with Crippen molar-refractivity contribution >= 4 is 33.3 Å². The fraction of sp³-hybridized carbons (Fsp3) is 0.235. The molecule has 1 N–H and O–H groups in total. The minimum absolute atomic E-state index is 0.0803. The summed E-state index contributed by atoms with van der Waals surface area (Å²) in [6.45, 7) is 3.42. The van der Waals surface area contributed by atoms with Gasteiger partial charge in [-0.1, -0.05) is 0 Å². The van der Waals surface area contributed by atoms with Crippen LogP contribution in [0.15, 0.2) is 39.7 Å². The lowest BCUT2D eigenvalue weighted by Gasteiger charge is -2.23. The van der Waals surface area contributed by atoms with Gasteiger partial charge in [-0.25, -0.2) is 0 Å². The highest BCUT2D eigenvalue weighted by atomic mass is 79.9. The number of rotatable bonds is 3. The Hall–Kier alpha value is -2.41. The number of Topliss-reactive ketones (excluding diaryl/α,β-unsaturated/α-hetero) is 1. The molecule has 1 unspecified atom stereocenters. The van der Waals surface area contributed by atoms with Gasteiger partial charge >= 0.3 is 0 Å².